The first kappa shape index (κ1) is 14.7. The van der Waals surface area contributed by atoms with E-state index >= 15 is 0 Å². The van der Waals surface area contributed by atoms with Crippen molar-refractivity contribution < 1.29 is 9.21 Å². The summed E-state index contributed by atoms with van der Waals surface area (Å²) in [5.74, 6) is -0.485. The predicted octanol–water partition coefficient (Wildman–Crippen LogP) is 1.85. The average molecular weight is 310 g/mol. The SMILES string of the molecule is Cc1cccc(NC(=O)Cn2nc(-c3ccccc3)oc2=O)n1. The van der Waals surface area contributed by atoms with Crippen LogP contribution in [0.2, 0.25) is 0 Å². The Balaban J connectivity index is 1.74. The standard InChI is InChI=1S/C16H14N4O3/c1-11-6-5-9-13(17-11)18-14(21)10-20-16(22)23-15(19-20)12-7-3-2-4-8-12/h2-9H,10H2,1H3,(H,17,18,21). The molecule has 116 valence electrons. The van der Waals surface area contributed by atoms with Crippen LogP contribution in [-0.4, -0.2) is 20.7 Å². The van der Waals surface area contributed by atoms with E-state index in [9.17, 15) is 9.59 Å². The lowest BCUT2D eigenvalue weighted by molar-refractivity contribution is -0.117. The molecule has 0 bridgehead atoms. The second kappa shape index (κ2) is 6.27. The van der Waals surface area contributed by atoms with Gasteiger partial charge >= 0.3 is 5.76 Å². The van der Waals surface area contributed by atoms with Crippen molar-refractivity contribution in [2.75, 3.05) is 5.32 Å². The van der Waals surface area contributed by atoms with E-state index < -0.39 is 11.7 Å². The predicted molar refractivity (Wildman–Crippen MR) is 83.8 cm³/mol. The summed E-state index contributed by atoms with van der Waals surface area (Å²) < 4.78 is 6.05. The molecule has 23 heavy (non-hydrogen) atoms. The van der Waals surface area contributed by atoms with Crippen LogP contribution in [0.25, 0.3) is 11.5 Å². The molecule has 0 atom stereocenters. The second-order valence-electron chi connectivity index (χ2n) is 4.91. The Morgan fingerprint density at radius 2 is 1.96 bits per heavy atom. The van der Waals surface area contributed by atoms with E-state index in [1.54, 1.807) is 24.3 Å². The number of nitrogens with zero attached hydrogens (tertiary/aromatic N) is 3. The van der Waals surface area contributed by atoms with Crippen LogP contribution in [-0.2, 0) is 11.3 Å². The quantitative estimate of drug-likeness (QED) is 0.794. The molecule has 0 aliphatic carbocycles. The molecule has 1 amide bonds. The van der Waals surface area contributed by atoms with Crippen molar-refractivity contribution in [3.63, 3.8) is 0 Å². The van der Waals surface area contributed by atoms with Crippen molar-refractivity contribution in [2.45, 2.75) is 13.5 Å². The van der Waals surface area contributed by atoms with E-state index in [1.807, 2.05) is 31.2 Å². The zero-order valence-corrected chi connectivity index (χ0v) is 12.4. The summed E-state index contributed by atoms with van der Waals surface area (Å²) >= 11 is 0. The number of carbonyl (C=O) groups is 1. The van der Waals surface area contributed by atoms with Gasteiger partial charge in [0.1, 0.15) is 12.4 Å². The van der Waals surface area contributed by atoms with Crippen LogP contribution in [0, 0.1) is 6.92 Å². The number of anilines is 1. The van der Waals surface area contributed by atoms with Gasteiger partial charge in [0, 0.05) is 11.3 Å². The van der Waals surface area contributed by atoms with E-state index in [0.29, 0.717) is 11.4 Å². The van der Waals surface area contributed by atoms with Gasteiger partial charge in [0.05, 0.1) is 0 Å². The van der Waals surface area contributed by atoms with Gasteiger partial charge in [-0.05, 0) is 31.2 Å². The summed E-state index contributed by atoms with van der Waals surface area (Å²) in [5.41, 5.74) is 1.46. The highest BCUT2D eigenvalue weighted by Crippen LogP contribution is 2.13. The van der Waals surface area contributed by atoms with Crippen LogP contribution in [0.4, 0.5) is 5.82 Å². The van der Waals surface area contributed by atoms with Crippen LogP contribution in [0.3, 0.4) is 0 Å². The maximum Gasteiger partial charge on any atom is 0.437 e. The lowest BCUT2D eigenvalue weighted by Gasteiger charge is -2.03. The number of hydrogen-bond donors (Lipinski definition) is 1. The van der Waals surface area contributed by atoms with Gasteiger partial charge in [0.15, 0.2) is 0 Å². The molecule has 3 aromatic rings. The smallest absolute Gasteiger partial charge is 0.388 e. The number of rotatable bonds is 4. The summed E-state index contributed by atoms with van der Waals surface area (Å²) in [7, 11) is 0. The summed E-state index contributed by atoms with van der Waals surface area (Å²) in [6.45, 7) is 1.58. The summed E-state index contributed by atoms with van der Waals surface area (Å²) in [6.07, 6.45) is 0. The summed E-state index contributed by atoms with van der Waals surface area (Å²) in [5, 5.41) is 6.65. The third kappa shape index (κ3) is 3.52. The molecule has 0 unspecified atom stereocenters. The highest BCUT2D eigenvalue weighted by Gasteiger charge is 2.13. The monoisotopic (exact) mass is 310 g/mol. The minimum Gasteiger partial charge on any atom is -0.388 e. The Morgan fingerprint density at radius 1 is 1.17 bits per heavy atom. The average Bonchev–Trinajstić information content (AvgIpc) is 2.89. The normalized spacial score (nSPS) is 10.5. The fourth-order valence-corrected chi connectivity index (χ4v) is 2.03. The first-order valence-electron chi connectivity index (χ1n) is 6.99. The third-order valence-corrected chi connectivity index (χ3v) is 3.08. The second-order valence-corrected chi connectivity index (χ2v) is 4.91. The van der Waals surface area contributed by atoms with Gasteiger partial charge in [0.2, 0.25) is 11.8 Å². The Bertz CT molecular complexity index is 884. The third-order valence-electron chi connectivity index (χ3n) is 3.08. The number of amides is 1. The molecule has 0 radical (unpaired) electrons. The molecule has 1 N–H and O–H groups in total. The number of nitrogens with one attached hydrogen (secondary N) is 1. The number of carbonyl (C=O) groups excluding carboxylic acids is 1. The number of aryl methyl sites for hydroxylation is 1. The van der Waals surface area contributed by atoms with E-state index in [2.05, 4.69) is 15.4 Å². The topological polar surface area (TPSA) is 90.0 Å². The van der Waals surface area contributed by atoms with Gasteiger partial charge in [-0.1, -0.05) is 24.3 Å². The van der Waals surface area contributed by atoms with E-state index in [0.717, 1.165) is 10.4 Å². The first-order chi connectivity index (χ1) is 11.1. The molecule has 0 aliphatic heterocycles. The Labute approximate surface area is 131 Å². The number of hydrogen-bond acceptors (Lipinski definition) is 5. The largest absolute Gasteiger partial charge is 0.437 e. The Hall–Kier alpha value is -3.22. The van der Waals surface area contributed by atoms with Crippen LogP contribution in [0.1, 0.15) is 5.69 Å². The highest BCUT2D eigenvalue weighted by atomic mass is 16.4. The van der Waals surface area contributed by atoms with Crippen LogP contribution < -0.4 is 11.1 Å². The Kier molecular flexibility index (Phi) is 4.01. The van der Waals surface area contributed by atoms with Crippen molar-refractivity contribution >= 4 is 11.7 Å². The lowest BCUT2D eigenvalue weighted by atomic mass is 10.2. The van der Waals surface area contributed by atoms with Gasteiger partial charge in [-0.2, -0.15) is 4.68 Å². The van der Waals surface area contributed by atoms with E-state index in [1.165, 1.54) is 0 Å². The minimum atomic E-state index is -0.684. The summed E-state index contributed by atoms with van der Waals surface area (Å²) in [4.78, 5) is 28.0. The fourth-order valence-electron chi connectivity index (χ4n) is 2.03. The van der Waals surface area contributed by atoms with Crippen molar-refractivity contribution in [1.82, 2.24) is 14.8 Å². The molecule has 0 spiro atoms. The van der Waals surface area contributed by atoms with Crippen molar-refractivity contribution in [3.8, 4) is 11.5 Å². The zero-order valence-electron chi connectivity index (χ0n) is 12.4. The van der Waals surface area contributed by atoms with Crippen LogP contribution in [0.15, 0.2) is 57.7 Å². The minimum absolute atomic E-state index is 0.178. The molecular formula is C16H14N4O3. The number of pyridine rings is 1. The maximum absolute atomic E-state index is 12.0. The molecule has 0 aliphatic rings. The fraction of sp³-hybridized carbons (Fsp3) is 0.125. The number of aromatic nitrogens is 3. The van der Waals surface area contributed by atoms with Crippen molar-refractivity contribution in [2.24, 2.45) is 0 Å². The van der Waals surface area contributed by atoms with Gasteiger partial charge in [-0.25, -0.2) is 9.78 Å². The van der Waals surface area contributed by atoms with Crippen molar-refractivity contribution in [3.05, 3.63) is 64.8 Å². The van der Waals surface area contributed by atoms with Crippen LogP contribution >= 0.6 is 0 Å². The molecular weight excluding hydrogens is 296 g/mol. The molecule has 7 heteroatoms. The van der Waals surface area contributed by atoms with E-state index in [-0.39, 0.29) is 12.4 Å². The Morgan fingerprint density at radius 3 is 2.70 bits per heavy atom. The highest BCUT2D eigenvalue weighted by molar-refractivity contribution is 5.89. The van der Waals surface area contributed by atoms with Crippen molar-refractivity contribution in [1.29, 1.82) is 0 Å². The van der Waals surface area contributed by atoms with Gasteiger partial charge in [-0.15, -0.1) is 5.10 Å². The zero-order chi connectivity index (χ0) is 16.2. The summed E-state index contributed by atoms with van der Waals surface area (Å²) in [6, 6.07) is 14.3. The van der Waals surface area contributed by atoms with Gasteiger partial charge < -0.3 is 9.73 Å². The first-order valence-corrected chi connectivity index (χ1v) is 6.99. The maximum atomic E-state index is 12.0. The molecule has 0 saturated carbocycles. The lowest BCUT2D eigenvalue weighted by Crippen LogP contribution is -2.26. The molecule has 2 aromatic heterocycles. The van der Waals surface area contributed by atoms with Gasteiger partial charge in [0.25, 0.3) is 0 Å². The molecule has 3 rings (SSSR count). The van der Waals surface area contributed by atoms with E-state index in [4.69, 9.17) is 4.42 Å². The molecule has 7 nitrogen and oxygen atoms in total. The molecule has 1 aromatic carbocycles. The molecule has 0 fully saturated rings. The number of benzene rings is 1. The molecule has 2 heterocycles. The van der Waals surface area contributed by atoms with Gasteiger partial charge in [-0.3, -0.25) is 4.79 Å². The van der Waals surface area contributed by atoms with Crippen LogP contribution in [0.5, 0.6) is 0 Å². The molecule has 0 saturated heterocycles.